The van der Waals surface area contributed by atoms with Crippen LogP contribution in [-0.2, 0) is 13.1 Å². The monoisotopic (exact) mass is 246 g/mol. The summed E-state index contributed by atoms with van der Waals surface area (Å²) in [6.45, 7) is 0.427. The topological polar surface area (TPSA) is 83.0 Å². The van der Waals surface area contributed by atoms with Gasteiger partial charge >= 0.3 is 0 Å². The first-order chi connectivity index (χ1) is 8.74. The fourth-order valence-electron chi connectivity index (χ4n) is 1.62. The summed E-state index contributed by atoms with van der Waals surface area (Å²) >= 11 is 0. The second kappa shape index (κ2) is 5.42. The van der Waals surface area contributed by atoms with Crippen LogP contribution in [0.5, 0.6) is 5.75 Å². The molecule has 1 heterocycles. The Morgan fingerprint density at radius 2 is 2.22 bits per heavy atom. The molecule has 0 aliphatic heterocycles. The van der Waals surface area contributed by atoms with Gasteiger partial charge in [0.1, 0.15) is 12.3 Å². The second-order valence-corrected chi connectivity index (χ2v) is 3.74. The lowest BCUT2D eigenvalue weighted by Gasteiger charge is -2.06. The van der Waals surface area contributed by atoms with Crippen LogP contribution in [-0.4, -0.2) is 27.9 Å². The van der Waals surface area contributed by atoms with Crippen molar-refractivity contribution in [1.29, 1.82) is 0 Å². The van der Waals surface area contributed by atoms with Crippen molar-refractivity contribution in [2.45, 2.75) is 13.1 Å². The molecule has 0 saturated heterocycles. The van der Waals surface area contributed by atoms with E-state index in [2.05, 4.69) is 10.3 Å². The summed E-state index contributed by atoms with van der Waals surface area (Å²) in [5.74, 6) is 0.475. The molecule has 0 spiro atoms. The quantitative estimate of drug-likeness (QED) is 0.782. The predicted octanol–water partition coefficient (Wildman–Crippen LogP) is 0.628. The number of aromatic nitrogens is 3. The first-order valence-corrected chi connectivity index (χ1v) is 5.50. The van der Waals surface area contributed by atoms with Crippen molar-refractivity contribution >= 4 is 5.78 Å². The van der Waals surface area contributed by atoms with Crippen LogP contribution >= 0.6 is 0 Å². The van der Waals surface area contributed by atoms with E-state index in [9.17, 15) is 4.79 Å². The van der Waals surface area contributed by atoms with Crippen LogP contribution < -0.4 is 10.5 Å². The maximum absolute atomic E-state index is 12.1. The van der Waals surface area contributed by atoms with Crippen molar-refractivity contribution in [2.24, 2.45) is 5.73 Å². The predicted molar refractivity (Wildman–Crippen MR) is 65.2 cm³/mol. The SMILES string of the molecule is COc1ccccc1C(=O)Cn1cc(CN)nn1. The third kappa shape index (κ3) is 2.54. The molecule has 0 atom stereocenters. The van der Waals surface area contributed by atoms with E-state index in [0.717, 1.165) is 0 Å². The number of rotatable bonds is 5. The van der Waals surface area contributed by atoms with Gasteiger partial charge in [-0.05, 0) is 12.1 Å². The third-order valence-corrected chi connectivity index (χ3v) is 2.51. The van der Waals surface area contributed by atoms with Crippen LogP contribution in [0.3, 0.4) is 0 Å². The fourth-order valence-corrected chi connectivity index (χ4v) is 1.62. The molecule has 0 unspecified atom stereocenters. The largest absolute Gasteiger partial charge is 0.496 e. The van der Waals surface area contributed by atoms with E-state index in [-0.39, 0.29) is 12.3 Å². The van der Waals surface area contributed by atoms with Crippen molar-refractivity contribution in [1.82, 2.24) is 15.0 Å². The van der Waals surface area contributed by atoms with E-state index >= 15 is 0 Å². The van der Waals surface area contributed by atoms with Gasteiger partial charge in [-0.15, -0.1) is 5.10 Å². The number of carbonyl (C=O) groups excluding carboxylic acids is 1. The zero-order chi connectivity index (χ0) is 13.0. The fraction of sp³-hybridized carbons (Fsp3) is 0.250. The lowest BCUT2D eigenvalue weighted by atomic mass is 10.1. The minimum Gasteiger partial charge on any atom is -0.496 e. The Kier molecular flexibility index (Phi) is 3.69. The summed E-state index contributed by atoms with van der Waals surface area (Å²) in [4.78, 5) is 12.1. The molecule has 2 rings (SSSR count). The van der Waals surface area contributed by atoms with Gasteiger partial charge in [-0.3, -0.25) is 4.79 Å². The number of nitrogens with zero attached hydrogens (tertiary/aromatic N) is 3. The lowest BCUT2D eigenvalue weighted by molar-refractivity contribution is 0.0964. The van der Waals surface area contributed by atoms with E-state index in [0.29, 0.717) is 23.6 Å². The van der Waals surface area contributed by atoms with Crippen LogP contribution in [0, 0.1) is 0 Å². The molecule has 2 aromatic rings. The van der Waals surface area contributed by atoms with E-state index in [1.54, 1.807) is 24.4 Å². The minimum absolute atomic E-state index is 0.0825. The van der Waals surface area contributed by atoms with Gasteiger partial charge in [-0.1, -0.05) is 17.3 Å². The highest BCUT2D eigenvalue weighted by Crippen LogP contribution is 2.18. The highest BCUT2D eigenvalue weighted by molar-refractivity contribution is 5.98. The molecule has 0 saturated carbocycles. The molecule has 0 bridgehead atoms. The molecule has 0 aliphatic carbocycles. The van der Waals surface area contributed by atoms with Gasteiger partial charge < -0.3 is 10.5 Å². The van der Waals surface area contributed by atoms with E-state index in [4.69, 9.17) is 10.5 Å². The van der Waals surface area contributed by atoms with Crippen molar-refractivity contribution in [3.63, 3.8) is 0 Å². The number of Topliss-reactive ketones (excluding diaryl/α,β-unsaturated/α-hetero) is 1. The zero-order valence-corrected chi connectivity index (χ0v) is 10.0. The maximum Gasteiger partial charge on any atom is 0.188 e. The van der Waals surface area contributed by atoms with Crippen molar-refractivity contribution in [2.75, 3.05) is 7.11 Å². The lowest BCUT2D eigenvalue weighted by Crippen LogP contribution is -2.12. The second-order valence-electron chi connectivity index (χ2n) is 3.74. The summed E-state index contributed by atoms with van der Waals surface area (Å²) in [7, 11) is 1.54. The highest BCUT2D eigenvalue weighted by atomic mass is 16.5. The minimum atomic E-state index is -0.0825. The van der Waals surface area contributed by atoms with Gasteiger partial charge in [0.2, 0.25) is 0 Å². The van der Waals surface area contributed by atoms with Crippen LogP contribution in [0.25, 0.3) is 0 Å². The van der Waals surface area contributed by atoms with Gasteiger partial charge in [0.05, 0.1) is 24.6 Å². The van der Waals surface area contributed by atoms with Crippen LogP contribution in [0.15, 0.2) is 30.5 Å². The van der Waals surface area contributed by atoms with Crippen LogP contribution in [0.4, 0.5) is 0 Å². The average Bonchev–Trinajstić information content (AvgIpc) is 2.86. The Hall–Kier alpha value is -2.21. The summed E-state index contributed by atoms with van der Waals surface area (Å²) < 4.78 is 6.61. The number of nitrogens with two attached hydrogens (primary N) is 1. The number of benzene rings is 1. The van der Waals surface area contributed by atoms with Crippen molar-refractivity contribution < 1.29 is 9.53 Å². The third-order valence-electron chi connectivity index (χ3n) is 2.51. The van der Waals surface area contributed by atoms with Gasteiger partial charge in [-0.25, -0.2) is 4.68 Å². The molecule has 18 heavy (non-hydrogen) atoms. The number of hydrogen-bond acceptors (Lipinski definition) is 5. The van der Waals surface area contributed by atoms with Crippen LogP contribution in [0.2, 0.25) is 0 Å². The smallest absolute Gasteiger partial charge is 0.188 e. The highest BCUT2D eigenvalue weighted by Gasteiger charge is 2.12. The summed E-state index contributed by atoms with van der Waals surface area (Å²) in [5.41, 5.74) is 6.62. The summed E-state index contributed by atoms with van der Waals surface area (Å²) in [6.07, 6.45) is 1.66. The summed E-state index contributed by atoms with van der Waals surface area (Å²) in [6, 6.07) is 7.09. The molecular formula is C12H14N4O2. The number of ketones is 1. The molecule has 94 valence electrons. The Labute approximate surface area is 104 Å². The van der Waals surface area contributed by atoms with Gasteiger partial charge in [0.25, 0.3) is 0 Å². The molecule has 0 amide bonds. The van der Waals surface area contributed by atoms with Crippen molar-refractivity contribution in [3.05, 3.63) is 41.7 Å². The van der Waals surface area contributed by atoms with E-state index in [1.807, 2.05) is 6.07 Å². The molecule has 2 N–H and O–H groups in total. The first-order valence-electron chi connectivity index (χ1n) is 5.50. The normalized spacial score (nSPS) is 10.3. The number of carbonyl (C=O) groups is 1. The van der Waals surface area contributed by atoms with Crippen molar-refractivity contribution in [3.8, 4) is 5.75 Å². The molecule has 6 nitrogen and oxygen atoms in total. The Morgan fingerprint density at radius 1 is 1.44 bits per heavy atom. The molecule has 0 fully saturated rings. The Morgan fingerprint density at radius 3 is 2.89 bits per heavy atom. The average molecular weight is 246 g/mol. The molecule has 0 aliphatic rings. The maximum atomic E-state index is 12.1. The van der Waals surface area contributed by atoms with Gasteiger partial charge in [0, 0.05) is 6.54 Å². The first kappa shape index (κ1) is 12.3. The number of ether oxygens (including phenoxy) is 1. The van der Waals surface area contributed by atoms with E-state index < -0.39 is 0 Å². The zero-order valence-electron chi connectivity index (χ0n) is 10.0. The van der Waals surface area contributed by atoms with Gasteiger partial charge in [-0.2, -0.15) is 0 Å². The molecular weight excluding hydrogens is 232 g/mol. The molecule has 6 heteroatoms. The number of para-hydroxylation sites is 1. The number of hydrogen-bond donors (Lipinski definition) is 1. The van der Waals surface area contributed by atoms with Gasteiger partial charge in [0.15, 0.2) is 5.78 Å². The standard InChI is InChI=1S/C12H14N4O2/c1-18-12-5-3-2-4-10(12)11(17)8-16-7-9(6-13)14-15-16/h2-5,7H,6,8,13H2,1H3. The van der Waals surface area contributed by atoms with E-state index in [1.165, 1.54) is 11.8 Å². The Bertz CT molecular complexity index is 551. The van der Waals surface area contributed by atoms with Crippen LogP contribution in [0.1, 0.15) is 16.1 Å². The Balaban J connectivity index is 2.16. The summed E-state index contributed by atoms with van der Waals surface area (Å²) in [5, 5.41) is 7.66. The number of methoxy groups -OCH3 is 1. The molecule has 1 aromatic carbocycles. The molecule has 1 aromatic heterocycles. The molecule has 0 radical (unpaired) electrons.